The van der Waals surface area contributed by atoms with Gasteiger partial charge in [0.05, 0.1) is 34.4 Å². The molecule has 5 aromatic rings. The summed E-state index contributed by atoms with van der Waals surface area (Å²) in [5.41, 5.74) is 5.36. The Labute approximate surface area is 208 Å². The van der Waals surface area contributed by atoms with Crippen molar-refractivity contribution in [1.29, 1.82) is 0 Å². The maximum atomic E-state index is 13.8. The first-order chi connectivity index (χ1) is 17.6. The number of carbonyl (C=O) groups excluding carboxylic acids is 1. The molecule has 0 unspecified atom stereocenters. The van der Waals surface area contributed by atoms with E-state index in [1.807, 2.05) is 104 Å². The first kappa shape index (κ1) is 21.7. The molecule has 0 atom stereocenters. The fourth-order valence-electron chi connectivity index (χ4n) is 4.79. The Kier molecular flexibility index (Phi) is 5.30. The molecule has 6 rings (SSSR count). The minimum Gasteiger partial charge on any atom is -0.303 e. The van der Waals surface area contributed by atoms with Gasteiger partial charge in [-0.15, -0.1) is 0 Å². The monoisotopic (exact) mass is 469 g/mol. The molecule has 0 N–H and O–H groups in total. The summed E-state index contributed by atoms with van der Waals surface area (Å²) < 4.78 is 1.61. The lowest BCUT2D eigenvalue weighted by atomic mass is 10.1. The van der Waals surface area contributed by atoms with Crippen molar-refractivity contribution in [1.82, 2.24) is 9.55 Å². The Morgan fingerprint density at radius 2 is 1.42 bits per heavy atom. The lowest BCUT2D eigenvalue weighted by Crippen LogP contribution is -2.26. The Balaban J connectivity index is 1.57. The van der Waals surface area contributed by atoms with E-state index < -0.39 is 0 Å². The highest BCUT2D eigenvalue weighted by atomic mass is 16.2. The van der Waals surface area contributed by atoms with Gasteiger partial charge in [-0.25, -0.2) is 4.98 Å². The van der Waals surface area contributed by atoms with Gasteiger partial charge in [-0.3, -0.25) is 14.2 Å². The summed E-state index contributed by atoms with van der Waals surface area (Å²) in [4.78, 5) is 34.1. The largest absolute Gasteiger partial charge is 0.303 e. The van der Waals surface area contributed by atoms with Crippen molar-refractivity contribution < 1.29 is 4.79 Å². The Morgan fingerprint density at radius 1 is 0.750 bits per heavy atom. The molecule has 1 aliphatic heterocycles. The Morgan fingerprint density at radius 3 is 2.22 bits per heavy atom. The molecule has 2 heterocycles. The zero-order valence-electron chi connectivity index (χ0n) is 19.8. The average molecular weight is 470 g/mol. The highest BCUT2D eigenvalue weighted by Gasteiger charge is 2.32. The molecule has 1 amide bonds. The number of benzene rings is 4. The van der Waals surface area contributed by atoms with Gasteiger partial charge < -0.3 is 4.90 Å². The van der Waals surface area contributed by atoms with Gasteiger partial charge in [0.1, 0.15) is 5.82 Å². The smallest absolute Gasteiger partial charge is 0.266 e. The lowest BCUT2D eigenvalue weighted by molar-refractivity contribution is -0.113. The second-order valence-corrected chi connectivity index (χ2v) is 8.87. The molecule has 0 saturated carbocycles. The third kappa shape index (κ3) is 3.62. The van der Waals surface area contributed by atoms with Crippen LogP contribution >= 0.6 is 0 Å². The number of aryl methyl sites for hydroxylation is 1. The topological polar surface area (TPSA) is 55.2 Å². The van der Waals surface area contributed by atoms with Gasteiger partial charge in [0.2, 0.25) is 0 Å². The number of aromatic nitrogens is 2. The number of para-hydroxylation sites is 3. The third-order valence-corrected chi connectivity index (χ3v) is 6.58. The van der Waals surface area contributed by atoms with E-state index in [-0.39, 0.29) is 11.5 Å². The fraction of sp³-hybridized carbons (Fsp3) is 0.0645. The standard InChI is InChI=1S/C31H23N3O2/c1-21-11-5-9-17-27(21)34-29(32-26-16-8-6-15-24(26)31(34)36)19-25-23-14-7-10-18-28(23)33(30(25)35)20-22-12-3-2-4-13-22/h2-19H,20H2,1H3. The number of hydrogen-bond acceptors (Lipinski definition) is 3. The molecule has 36 heavy (non-hydrogen) atoms. The molecule has 1 aromatic heterocycles. The second-order valence-electron chi connectivity index (χ2n) is 8.87. The van der Waals surface area contributed by atoms with Crippen molar-refractivity contribution in [3.63, 3.8) is 0 Å². The van der Waals surface area contributed by atoms with Gasteiger partial charge in [0, 0.05) is 5.56 Å². The molecule has 0 spiro atoms. The van der Waals surface area contributed by atoms with Crippen LogP contribution in [-0.4, -0.2) is 15.5 Å². The van der Waals surface area contributed by atoms with Gasteiger partial charge in [-0.05, 0) is 48.4 Å². The van der Waals surface area contributed by atoms with Crippen molar-refractivity contribution in [2.45, 2.75) is 13.5 Å². The molecule has 0 aliphatic carbocycles. The van der Waals surface area contributed by atoms with Crippen LogP contribution in [0.25, 0.3) is 28.2 Å². The number of fused-ring (bicyclic) bond motifs is 2. The van der Waals surface area contributed by atoms with Gasteiger partial charge in [-0.2, -0.15) is 0 Å². The predicted octanol–water partition coefficient (Wildman–Crippen LogP) is 5.78. The Bertz CT molecular complexity index is 1720. The average Bonchev–Trinajstić information content (AvgIpc) is 3.16. The summed E-state index contributed by atoms with van der Waals surface area (Å²) in [6.07, 6.45) is 1.76. The number of hydrogen-bond donors (Lipinski definition) is 0. The Hall–Kier alpha value is -4.77. The molecular weight excluding hydrogens is 446 g/mol. The van der Waals surface area contributed by atoms with Crippen molar-refractivity contribution in [2.24, 2.45) is 0 Å². The minimum atomic E-state index is -0.165. The van der Waals surface area contributed by atoms with Crippen LogP contribution in [0.4, 0.5) is 5.69 Å². The predicted molar refractivity (Wildman–Crippen MR) is 144 cm³/mol. The number of nitrogens with zero attached hydrogens (tertiary/aromatic N) is 3. The zero-order valence-corrected chi connectivity index (χ0v) is 19.8. The number of amides is 1. The van der Waals surface area contributed by atoms with Gasteiger partial charge in [0.15, 0.2) is 0 Å². The summed E-state index contributed by atoms with van der Waals surface area (Å²) in [6, 6.07) is 32.7. The van der Waals surface area contributed by atoms with Gasteiger partial charge >= 0.3 is 0 Å². The normalized spacial score (nSPS) is 14.0. The maximum absolute atomic E-state index is 13.8. The minimum absolute atomic E-state index is 0.112. The van der Waals surface area contributed by atoms with E-state index in [1.165, 1.54) is 0 Å². The van der Waals surface area contributed by atoms with E-state index in [0.717, 1.165) is 28.1 Å². The summed E-state index contributed by atoms with van der Waals surface area (Å²) in [5, 5.41) is 0.534. The summed E-state index contributed by atoms with van der Waals surface area (Å²) in [6.45, 7) is 2.43. The first-order valence-electron chi connectivity index (χ1n) is 11.9. The molecule has 4 aromatic carbocycles. The van der Waals surface area contributed by atoms with Gasteiger partial charge in [-0.1, -0.05) is 78.9 Å². The molecule has 5 nitrogen and oxygen atoms in total. The highest BCUT2D eigenvalue weighted by Crippen LogP contribution is 2.38. The molecule has 0 saturated heterocycles. The van der Waals surface area contributed by atoms with Crippen molar-refractivity contribution in [2.75, 3.05) is 4.90 Å². The zero-order chi connectivity index (χ0) is 24.6. The quantitative estimate of drug-likeness (QED) is 0.314. The van der Waals surface area contributed by atoms with E-state index in [0.29, 0.717) is 28.8 Å². The third-order valence-electron chi connectivity index (χ3n) is 6.58. The first-order valence-corrected chi connectivity index (χ1v) is 11.9. The van der Waals surface area contributed by atoms with E-state index >= 15 is 0 Å². The summed E-state index contributed by atoms with van der Waals surface area (Å²) in [7, 11) is 0. The molecule has 0 bridgehead atoms. The van der Waals surface area contributed by atoms with Crippen LogP contribution < -0.4 is 10.5 Å². The van der Waals surface area contributed by atoms with E-state index in [1.54, 1.807) is 21.6 Å². The molecule has 5 heteroatoms. The molecular formula is C31H23N3O2. The van der Waals surface area contributed by atoms with E-state index in [2.05, 4.69) is 0 Å². The number of carbonyl (C=O) groups is 1. The van der Waals surface area contributed by atoms with Crippen LogP contribution in [0.2, 0.25) is 0 Å². The van der Waals surface area contributed by atoms with Crippen molar-refractivity contribution >= 4 is 34.1 Å². The van der Waals surface area contributed by atoms with Crippen LogP contribution in [-0.2, 0) is 11.3 Å². The number of anilines is 1. The van der Waals surface area contributed by atoms with Crippen molar-refractivity contribution in [3.05, 3.63) is 136 Å². The van der Waals surface area contributed by atoms with Crippen LogP contribution in [0.3, 0.4) is 0 Å². The summed E-state index contributed by atoms with van der Waals surface area (Å²) in [5.74, 6) is 0.312. The van der Waals surface area contributed by atoms with Crippen LogP contribution in [0.5, 0.6) is 0 Å². The van der Waals surface area contributed by atoms with Crippen LogP contribution in [0.1, 0.15) is 22.5 Å². The molecule has 1 aliphatic rings. The van der Waals surface area contributed by atoms with Crippen molar-refractivity contribution in [3.8, 4) is 5.69 Å². The molecule has 0 radical (unpaired) electrons. The van der Waals surface area contributed by atoms with Crippen LogP contribution in [0.15, 0.2) is 108 Å². The molecule has 174 valence electrons. The van der Waals surface area contributed by atoms with Gasteiger partial charge in [0.25, 0.3) is 11.5 Å². The fourth-order valence-corrected chi connectivity index (χ4v) is 4.79. The molecule has 0 fully saturated rings. The summed E-state index contributed by atoms with van der Waals surface area (Å²) >= 11 is 0. The van der Waals surface area contributed by atoms with Crippen LogP contribution in [0, 0.1) is 6.92 Å². The SMILES string of the molecule is Cc1ccccc1-n1c(C=C2C(=O)N(Cc3ccccc3)c3ccccc32)nc2ccccc2c1=O. The van der Waals surface area contributed by atoms with E-state index in [9.17, 15) is 9.59 Å². The highest BCUT2D eigenvalue weighted by molar-refractivity contribution is 6.35. The maximum Gasteiger partial charge on any atom is 0.266 e. The lowest BCUT2D eigenvalue weighted by Gasteiger charge is -2.17. The number of rotatable bonds is 4. The second kappa shape index (κ2) is 8.78. The van der Waals surface area contributed by atoms with E-state index in [4.69, 9.17) is 4.98 Å².